The van der Waals surface area contributed by atoms with Gasteiger partial charge in [0.2, 0.25) is 0 Å². The zero-order chi connectivity index (χ0) is 11.4. The highest BCUT2D eigenvalue weighted by Crippen LogP contribution is 2.16. The van der Waals surface area contributed by atoms with Crippen LogP contribution < -0.4 is 5.32 Å². The van der Waals surface area contributed by atoms with Crippen LogP contribution >= 0.6 is 11.6 Å². The summed E-state index contributed by atoms with van der Waals surface area (Å²) in [6.07, 6.45) is 1.98. The van der Waals surface area contributed by atoms with Crippen LogP contribution in [0.3, 0.4) is 0 Å². The van der Waals surface area contributed by atoms with Gasteiger partial charge in [-0.25, -0.2) is 9.86 Å². The summed E-state index contributed by atoms with van der Waals surface area (Å²) < 4.78 is 0. The number of nitrogens with one attached hydrogen (secondary N) is 1. The molecule has 86 valence electrons. The second-order valence-electron chi connectivity index (χ2n) is 3.58. The number of carbonyl (C=O) groups excluding carboxylic acids is 1. The van der Waals surface area contributed by atoms with Crippen molar-refractivity contribution in [3.63, 3.8) is 0 Å². The molecule has 1 aromatic carbocycles. The molecule has 0 aromatic heterocycles. The van der Waals surface area contributed by atoms with E-state index in [1.807, 2.05) is 0 Å². The van der Waals surface area contributed by atoms with Crippen molar-refractivity contribution in [2.45, 2.75) is 12.8 Å². The third-order valence-corrected chi connectivity index (χ3v) is 2.54. The first-order valence-corrected chi connectivity index (χ1v) is 5.60. The van der Waals surface area contributed by atoms with Crippen molar-refractivity contribution in [1.29, 1.82) is 0 Å². The summed E-state index contributed by atoms with van der Waals surface area (Å²) in [7, 11) is 0. The van der Waals surface area contributed by atoms with Crippen molar-refractivity contribution in [2.24, 2.45) is 0 Å². The number of halogens is 1. The van der Waals surface area contributed by atoms with Crippen molar-refractivity contribution in [2.75, 3.05) is 18.5 Å². The number of hydrogen-bond acceptors (Lipinski definition) is 2. The molecule has 0 aliphatic carbocycles. The van der Waals surface area contributed by atoms with Gasteiger partial charge in [-0.05, 0) is 31.0 Å². The Morgan fingerprint density at radius 1 is 1.44 bits per heavy atom. The molecule has 2 rings (SSSR count). The first-order chi connectivity index (χ1) is 7.75. The van der Waals surface area contributed by atoms with Crippen LogP contribution in [0.1, 0.15) is 12.8 Å². The summed E-state index contributed by atoms with van der Waals surface area (Å²) in [5.41, 5.74) is 0.673. The number of hydrogen-bond donors (Lipinski definition) is 1. The highest BCUT2D eigenvalue weighted by molar-refractivity contribution is 6.30. The molecule has 1 N–H and O–H groups in total. The summed E-state index contributed by atoms with van der Waals surface area (Å²) in [6, 6.07) is 6.78. The molecule has 1 aliphatic heterocycles. The van der Waals surface area contributed by atoms with Gasteiger partial charge in [-0.2, -0.15) is 0 Å². The van der Waals surface area contributed by atoms with Crippen molar-refractivity contribution in [3.05, 3.63) is 29.3 Å². The number of carbonyl (C=O) groups is 1. The molecular weight excluding hydrogens is 228 g/mol. The summed E-state index contributed by atoms with van der Waals surface area (Å²) >= 11 is 5.82. The summed E-state index contributed by atoms with van der Waals surface area (Å²) in [6.45, 7) is 1.23. The van der Waals surface area contributed by atoms with E-state index in [1.165, 1.54) is 5.06 Å². The van der Waals surface area contributed by atoms with E-state index in [1.54, 1.807) is 24.3 Å². The fourth-order valence-corrected chi connectivity index (χ4v) is 1.70. The van der Waals surface area contributed by atoms with Gasteiger partial charge in [-0.1, -0.05) is 17.7 Å². The van der Waals surface area contributed by atoms with Gasteiger partial charge in [0, 0.05) is 10.7 Å². The smallest absolute Gasteiger partial charge is 0.306 e. The fourth-order valence-electron chi connectivity index (χ4n) is 1.51. The topological polar surface area (TPSA) is 41.6 Å². The van der Waals surface area contributed by atoms with Gasteiger partial charge >= 0.3 is 6.03 Å². The van der Waals surface area contributed by atoms with E-state index in [2.05, 4.69) is 5.32 Å². The molecular formula is C11H13ClN2O2. The molecule has 1 aromatic rings. The second-order valence-corrected chi connectivity index (χ2v) is 4.02. The molecule has 4 nitrogen and oxygen atoms in total. The lowest BCUT2D eigenvalue weighted by Gasteiger charge is -2.25. The lowest BCUT2D eigenvalue weighted by Crippen LogP contribution is -2.38. The molecule has 0 spiro atoms. The predicted molar refractivity (Wildman–Crippen MR) is 62.4 cm³/mol. The average Bonchev–Trinajstić information content (AvgIpc) is 2.30. The van der Waals surface area contributed by atoms with Gasteiger partial charge in [-0.3, -0.25) is 4.84 Å². The van der Waals surface area contributed by atoms with E-state index in [-0.39, 0.29) is 6.03 Å². The minimum absolute atomic E-state index is 0.248. The lowest BCUT2D eigenvalue weighted by molar-refractivity contribution is -0.135. The number of nitrogens with zero attached hydrogens (tertiary/aromatic N) is 1. The van der Waals surface area contributed by atoms with E-state index >= 15 is 0 Å². The summed E-state index contributed by atoms with van der Waals surface area (Å²) in [5.74, 6) is 0. The van der Waals surface area contributed by atoms with Gasteiger partial charge in [0.25, 0.3) is 0 Å². The number of benzene rings is 1. The molecule has 2 amide bonds. The Balaban J connectivity index is 1.96. The number of urea groups is 1. The normalized spacial score (nSPS) is 15.9. The lowest BCUT2D eigenvalue weighted by atomic mass is 10.3. The highest BCUT2D eigenvalue weighted by Gasteiger charge is 2.17. The summed E-state index contributed by atoms with van der Waals surface area (Å²) in [4.78, 5) is 17.0. The van der Waals surface area contributed by atoms with Crippen LogP contribution in [0.25, 0.3) is 0 Å². The molecule has 16 heavy (non-hydrogen) atoms. The van der Waals surface area contributed by atoms with Crippen molar-refractivity contribution in [1.82, 2.24) is 5.06 Å². The Kier molecular flexibility index (Phi) is 3.64. The number of hydroxylamine groups is 2. The Morgan fingerprint density at radius 3 is 3.00 bits per heavy atom. The zero-order valence-corrected chi connectivity index (χ0v) is 9.54. The fraction of sp³-hybridized carbons (Fsp3) is 0.364. The van der Waals surface area contributed by atoms with Gasteiger partial charge in [0.15, 0.2) is 0 Å². The van der Waals surface area contributed by atoms with E-state index in [4.69, 9.17) is 16.4 Å². The first-order valence-electron chi connectivity index (χ1n) is 5.23. The molecule has 0 saturated carbocycles. The van der Waals surface area contributed by atoms with Gasteiger partial charge in [0.1, 0.15) is 0 Å². The molecule has 0 radical (unpaired) electrons. The van der Waals surface area contributed by atoms with Crippen LogP contribution in [0.4, 0.5) is 10.5 Å². The maximum absolute atomic E-state index is 11.7. The third-order valence-electron chi connectivity index (χ3n) is 2.31. The van der Waals surface area contributed by atoms with Crippen LogP contribution in [0.5, 0.6) is 0 Å². The molecule has 1 fully saturated rings. The van der Waals surface area contributed by atoms with Crippen LogP contribution in [-0.4, -0.2) is 24.2 Å². The maximum atomic E-state index is 11.7. The van der Waals surface area contributed by atoms with Crippen molar-refractivity contribution >= 4 is 23.3 Å². The van der Waals surface area contributed by atoms with Crippen molar-refractivity contribution in [3.8, 4) is 0 Å². The number of anilines is 1. The van der Waals surface area contributed by atoms with Crippen molar-refractivity contribution < 1.29 is 9.63 Å². The van der Waals surface area contributed by atoms with Crippen LogP contribution in [0.15, 0.2) is 24.3 Å². The second kappa shape index (κ2) is 5.18. The predicted octanol–water partition coefficient (Wildman–Crippen LogP) is 2.90. The first kappa shape index (κ1) is 11.2. The zero-order valence-electron chi connectivity index (χ0n) is 8.78. The van der Waals surface area contributed by atoms with Gasteiger partial charge < -0.3 is 5.32 Å². The maximum Gasteiger partial charge on any atom is 0.345 e. The molecule has 5 heteroatoms. The molecule has 0 bridgehead atoms. The molecule has 1 aliphatic rings. The average molecular weight is 241 g/mol. The third kappa shape index (κ3) is 2.87. The van der Waals surface area contributed by atoms with Crippen LogP contribution in [0, 0.1) is 0 Å². The highest BCUT2D eigenvalue weighted by atomic mass is 35.5. The minimum atomic E-state index is -0.248. The molecule has 1 heterocycles. The van der Waals surface area contributed by atoms with E-state index in [0.717, 1.165) is 12.8 Å². The van der Waals surface area contributed by atoms with E-state index in [9.17, 15) is 4.79 Å². The van der Waals surface area contributed by atoms with Gasteiger partial charge in [0.05, 0.1) is 13.2 Å². The van der Waals surface area contributed by atoms with Crippen LogP contribution in [0.2, 0.25) is 5.02 Å². The molecule has 0 atom stereocenters. The molecule has 1 saturated heterocycles. The Bertz CT molecular complexity index is 378. The number of amides is 2. The van der Waals surface area contributed by atoms with E-state index in [0.29, 0.717) is 23.9 Å². The van der Waals surface area contributed by atoms with Crippen LogP contribution in [-0.2, 0) is 4.84 Å². The van der Waals surface area contributed by atoms with E-state index < -0.39 is 0 Å². The largest absolute Gasteiger partial charge is 0.345 e. The van der Waals surface area contributed by atoms with Gasteiger partial charge in [-0.15, -0.1) is 0 Å². The monoisotopic (exact) mass is 240 g/mol. The Hall–Kier alpha value is -1.26. The minimum Gasteiger partial charge on any atom is -0.306 e. The number of rotatable bonds is 1. The Morgan fingerprint density at radius 2 is 2.31 bits per heavy atom. The molecule has 0 unspecified atom stereocenters. The SMILES string of the molecule is O=C(Nc1cccc(Cl)c1)N1CCCCO1. The quantitative estimate of drug-likeness (QED) is 0.820. The Labute approximate surface area is 99.1 Å². The standard InChI is InChI=1S/C11H13ClN2O2/c12-9-4-3-5-10(8-9)13-11(15)14-6-1-2-7-16-14/h3-5,8H,1-2,6-7H2,(H,13,15). The summed E-state index contributed by atoms with van der Waals surface area (Å²) in [5, 5.41) is 4.68.